The van der Waals surface area contributed by atoms with Gasteiger partial charge < -0.3 is 10.1 Å². The van der Waals surface area contributed by atoms with Crippen molar-refractivity contribution in [2.24, 2.45) is 0 Å². The normalized spacial score (nSPS) is 12.1. The summed E-state index contributed by atoms with van der Waals surface area (Å²) < 4.78 is 5.57. The molecule has 2 heterocycles. The Morgan fingerprint density at radius 1 is 1.17 bits per heavy atom. The number of rotatable bonds is 6. The molecule has 9 heteroatoms. The average molecular weight is 396 g/mol. The molecule has 0 radical (unpaired) electrons. The van der Waals surface area contributed by atoms with Crippen LogP contribution >= 0.6 is 46.4 Å². The maximum Gasteiger partial charge on any atom is 0.234 e. The monoisotopic (exact) mass is 394 g/mol. The molecular formula is C14H14Cl4N4O. The van der Waals surface area contributed by atoms with Gasteiger partial charge in [-0.05, 0) is 19.4 Å². The molecule has 1 atom stereocenters. The van der Waals surface area contributed by atoms with E-state index in [1.807, 2.05) is 13.8 Å². The standard InChI is InChI=1S/C14H14Cl4N4O/c1-3-10-11(17)13(20-6-19-10)21-7(2)5-23-14-9(16)4-8(15)12(18)22-14/h4,6-7H,3,5H2,1-2H3,(H,19,20,21). The number of ether oxygens (including phenoxy) is 1. The molecule has 0 saturated carbocycles. The minimum absolute atomic E-state index is 0.0978. The summed E-state index contributed by atoms with van der Waals surface area (Å²) >= 11 is 23.9. The van der Waals surface area contributed by atoms with Crippen molar-refractivity contribution in [3.8, 4) is 5.88 Å². The van der Waals surface area contributed by atoms with Crippen LogP contribution in [0.3, 0.4) is 0 Å². The van der Waals surface area contributed by atoms with E-state index in [4.69, 9.17) is 51.1 Å². The molecular weight excluding hydrogens is 382 g/mol. The minimum atomic E-state index is -0.0978. The molecule has 1 unspecified atom stereocenters. The van der Waals surface area contributed by atoms with Crippen molar-refractivity contribution in [3.05, 3.63) is 38.3 Å². The topological polar surface area (TPSA) is 59.9 Å². The summed E-state index contributed by atoms with van der Waals surface area (Å²) in [4.78, 5) is 12.3. The fourth-order valence-electron chi connectivity index (χ4n) is 1.76. The van der Waals surface area contributed by atoms with E-state index in [9.17, 15) is 0 Å². The number of anilines is 1. The summed E-state index contributed by atoms with van der Waals surface area (Å²) in [5, 5.41) is 4.37. The molecule has 2 aromatic heterocycles. The number of aryl methyl sites for hydroxylation is 1. The van der Waals surface area contributed by atoms with Gasteiger partial charge in [0, 0.05) is 0 Å². The summed E-state index contributed by atoms with van der Waals surface area (Å²) in [6.07, 6.45) is 2.20. The maximum absolute atomic E-state index is 6.24. The molecule has 0 aliphatic rings. The SMILES string of the molecule is CCc1ncnc(NC(C)COc2nc(Cl)c(Cl)cc2Cl)c1Cl. The Labute approximate surface area is 154 Å². The van der Waals surface area contributed by atoms with Crippen LogP contribution in [0, 0.1) is 0 Å². The zero-order chi connectivity index (χ0) is 17.0. The summed E-state index contributed by atoms with van der Waals surface area (Å²) in [5.41, 5.74) is 0.784. The van der Waals surface area contributed by atoms with Gasteiger partial charge >= 0.3 is 0 Å². The fourth-order valence-corrected chi connectivity index (χ4v) is 2.59. The van der Waals surface area contributed by atoms with Gasteiger partial charge in [0.15, 0.2) is 5.15 Å². The van der Waals surface area contributed by atoms with Crippen LogP contribution in [0.15, 0.2) is 12.4 Å². The number of hydrogen-bond donors (Lipinski definition) is 1. The van der Waals surface area contributed by atoms with Crippen molar-refractivity contribution in [1.82, 2.24) is 15.0 Å². The number of pyridine rings is 1. The van der Waals surface area contributed by atoms with E-state index >= 15 is 0 Å². The van der Waals surface area contributed by atoms with Gasteiger partial charge in [-0.3, -0.25) is 0 Å². The molecule has 0 fully saturated rings. The first kappa shape index (κ1) is 18.3. The third-order valence-corrected chi connectivity index (χ3v) is 4.25. The molecule has 1 N–H and O–H groups in total. The van der Waals surface area contributed by atoms with Crippen molar-refractivity contribution >= 4 is 52.2 Å². The van der Waals surface area contributed by atoms with E-state index in [1.165, 1.54) is 12.4 Å². The first-order chi connectivity index (χ1) is 10.9. The number of hydrogen-bond acceptors (Lipinski definition) is 5. The molecule has 2 rings (SSSR count). The number of nitrogens with one attached hydrogen (secondary N) is 1. The lowest BCUT2D eigenvalue weighted by Crippen LogP contribution is -2.24. The fraction of sp³-hybridized carbons (Fsp3) is 0.357. The maximum atomic E-state index is 6.24. The molecule has 0 aliphatic carbocycles. The highest BCUT2D eigenvalue weighted by Crippen LogP contribution is 2.30. The van der Waals surface area contributed by atoms with Gasteiger partial charge in [0.25, 0.3) is 0 Å². The van der Waals surface area contributed by atoms with E-state index in [-0.39, 0.29) is 28.7 Å². The highest BCUT2D eigenvalue weighted by atomic mass is 35.5. The Morgan fingerprint density at radius 2 is 1.91 bits per heavy atom. The Bertz CT molecular complexity index is 699. The largest absolute Gasteiger partial charge is 0.474 e. The second-order valence-electron chi connectivity index (χ2n) is 4.74. The van der Waals surface area contributed by atoms with Crippen LogP contribution in [-0.2, 0) is 6.42 Å². The number of halogens is 4. The molecule has 0 spiro atoms. The van der Waals surface area contributed by atoms with Crippen molar-refractivity contribution < 1.29 is 4.74 Å². The predicted molar refractivity (Wildman–Crippen MR) is 94.3 cm³/mol. The van der Waals surface area contributed by atoms with Crippen molar-refractivity contribution in [2.75, 3.05) is 11.9 Å². The predicted octanol–water partition coefficient (Wildman–Crippen LogP) is 4.93. The van der Waals surface area contributed by atoms with Gasteiger partial charge in [-0.25, -0.2) is 9.97 Å². The quantitative estimate of drug-likeness (QED) is 0.702. The number of aromatic nitrogens is 3. The van der Waals surface area contributed by atoms with E-state index in [0.29, 0.717) is 15.9 Å². The molecule has 0 bridgehead atoms. The van der Waals surface area contributed by atoms with Gasteiger partial charge in [0.1, 0.15) is 28.8 Å². The van der Waals surface area contributed by atoms with Crippen LogP contribution in [0.4, 0.5) is 5.82 Å². The van der Waals surface area contributed by atoms with Crippen LogP contribution in [0.25, 0.3) is 0 Å². The lowest BCUT2D eigenvalue weighted by molar-refractivity contribution is 0.292. The summed E-state index contributed by atoms with van der Waals surface area (Å²) in [7, 11) is 0. The summed E-state index contributed by atoms with van der Waals surface area (Å²) in [6.45, 7) is 4.17. The molecule has 0 saturated heterocycles. The Hall–Kier alpha value is -1.01. The van der Waals surface area contributed by atoms with Crippen LogP contribution in [-0.4, -0.2) is 27.6 Å². The first-order valence-corrected chi connectivity index (χ1v) is 8.33. The van der Waals surface area contributed by atoms with E-state index in [2.05, 4.69) is 20.3 Å². The first-order valence-electron chi connectivity index (χ1n) is 6.82. The molecule has 23 heavy (non-hydrogen) atoms. The second kappa shape index (κ2) is 8.20. The molecule has 124 valence electrons. The molecule has 0 aliphatic heterocycles. The lowest BCUT2D eigenvalue weighted by Gasteiger charge is -2.17. The van der Waals surface area contributed by atoms with Crippen LogP contribution in [0.5, 0.6) is 5.88 Å². The average Bonchev–Trinajstić information content (AvgIpc) is 2.51. The van der Waals surface area contributed by atoms with Crippen LogP contribution in [0.1, 0.15) is 19.5 Å². The second-order valence-corrected chi connectivity index (χ2v) is 6.29. The summed E-state index contributed by atoms with van der Waals surface area (Å²) in [6, 6.07) is 1.39. The van der Waals surface area contributed by atoms with Gasteiger partial charge in [0.2, 0.25) is 5.88 Å². The smallest absolute Gasteiger partial charge is 0.234 e. The van der Waals surface area contributed by atoms with Crippen molar-refractivity contribution in [3.63, 3.8) is 0 Å². The van der Waals surface area contributed by atoms with Gasteiger partial charge in [0.05, 0.1) is 16.8 Å². The highest BCUT2D eigenvalue weighted by molar-refractivity contribution is 6.42. The van der Waals surface area contributed by atoms with E-state index in [1.54, 1.807) is 0 Å². The van der Waals surface area contributed by atoms with Crippen LogP contribution < -0.4 is 10.1 Å². The summed E-state index contributed by atoms with van der Waals surface area (Å²) in [5.74, 6) is 0.778. The third kappa shape index (κ3) is 4.73. The van der Waals surface area contributed by atoms with E-state index < -0.39 is 0 Å². The van der Waals surface area contributed by atoms with Crippen LogP contribution in [0.2, 0.25) is 20.2 Å². The zero-order valence-corrected chi connectivity index (χ0v) is 15.4. The van der Waals surface area contributed by atoms with Gasteiger partial charge in [-0.1, -0.05) is 53.3 Å². The lowest BCUT2D eigenvalue weighted by atomic mass is 10.3. The van der Waals surface area contributed by atoms with Gasteiger partial charge in [-0.2, -0.15) is 4.98 Å². The molecule has 0 aromatic carbocycles. The third-order valence-electron chi connectivity index (χ3n) is 2.90. The zero-order valence-electron chi connectivity index (χ0n) is 12.4. The Kier molecular flexibility index (Phi) is 6.53. The Morgan fingerprint density at radius 3 is 2.61 bits per heavy atom. The number of nitrogens with zero attached hydrogens (tertiary/aromatic N) is 3. The van der Waals surface area contributed by atoms with Crippen molar-refractivity contribution in [1.29, 1.82) is 0 Å². The van der Waals surface area contributed by atoms with Crippen molar-refractivity contribution in [2.45, 2.75) is 26.3 Å². The highest BCUT2D eigenvalue weighted by Gasteiger charge is 2.13. The Balaban J connectivity index is 2.01. The molecule has 0 amide bonds. The minimum Gasteiger partial charge on any atom is -0.474 e. The van der Waals surface area contributed by atoms with Gasteiger partial charge in [-0.15, -0.1) is 0 Å². The molecule has 5 nitrogen and oxygen atoms in total. The molecule has 2 aromatic rings. The van der Waals surface area contributed by atoms with E-state index in [0.717, 1.165) is 12.1 Å².